The molecule has 1 unspecified atom stereocenters. The van der Waals surface area contributed by atoms with Gasteiger partial charge in [-0.15, -0.1) is 0 Å². The monoisotopic (exact) mass is 393 g/mol. The third-order valence-corrected chi connectivity index (χ3v) is 6.75. The second-order valence-corrected chi connectivity index (χ2v) is 8.46. The van der Waals surface area contributed by atoms with Crippen LogP contribution in [-0.2, 0) is 10.0 Å². The lowest BCUT2D eigenvalue weighted by atomic mass is 10.1. The Hall–Kier alpha value is -2.52. The Morgan fingerprint density at radius 2 is 1.85 bits per heavy atom. The van der Waals surface area contributed by atoms with E-state index in [-0.39, 0.29) is 28.9 Å². The van der Waals surface area contributed by atoms with Crippen molar-refractivity contribution in [3.8, 4) is 0 Å². The van der Waals surface area contributed by atoms with Gasteiger partial charge in [0.1, 0.15) is 0 Å². The van der Waals surface area contributed by atoms with Crippen molar-refractivity contribution in [3.05, 3.63) is 64.0 Å². The number of piperazine rings is 1. The van der Waals surface area contributed by atoms with Crippen LogP contribution in [0, 0.1) is 22.9 Å². The lowest BCUT2D eigenvalue weighted by Crippen LogP contribution is -2.54. The molecule has 1 aliphatic rings. The average molecular weight is 393 g/mol. The van der Waals surface area contributed by atoms with Crippen LogP contribution in [0.2, 0.25) is 0 Å². The summed E-state index contributed by atoms with van der Waals surface area (Å²) in [6.07, 6.45) is 0. The van der Waals surface area contributed by atoms with E-state index in [0.717, 1.165) is 6.07 Å². The van der Waals surface area contributed by atoms with Gasteiger partial charge < -0.3 is 4.90 Å². The molecule has 2 aromatic carbocycles. The molecule has 7 nitrogen and oxygen atoms in total. The molecule has 1 saturated heterocycles. The first-order valence-electron chi connectivity index (χ1n) is 8.48. The van der Waals surface area contributed by atoms with Crippen LogP contribution in [0.15, 0.2) is 47.4 Å². The number of sulfonamides is 1. The minimum absolute atomic E-state index is 0.202. The minimum Gasteiger partial charge on any atom is -0.366 e. The van der Waals surface area contributed by atoms with E-state index in [4.69, 9.17) is 0 Å². The second kappa shape index (κ2) is 7.24. The molecule has 27 heavy (non-hydrogen) atoms. The number of hydrogen-bond donors (Lipinski definition) is 0. The summed E-state index contributed by atoms with van der Waals surface area (Å²) in [5.74, 6) is -0.682. The van der Waals surface area contributed by atoms with E-state index in [9.17, 15) is 22.9 Å². The van der Waals surface area contributed by atoms with Gasteiger partial charge in [-0.25, -0.2) is 12.8 Å². The third kappa shape index (κ3) is 3.65. The molecule has 2 aromatic rings. The molecule has 0 aliphatic carbocycles. The standard InChI is InChI=1S/C18H20FN3O4S/c1-13-10-18(16(19)11-17(13)22(23)24)20-8-9-21(14(2)12-20)27(25,26)15-6-4-3-5-7-15/h3-7,10-11,14H,8-9,12H2,1-2H3. The summed E-state index contributed by atoms with van der Waals surface area (Å²) in [6, 6.07) is 10.2. The fraction of sp³-hybridized carbons (Fsp3) is 0.333. The predicted molar refractivity (Wildman–Crippen MR) is 99.8 cm³/mol. The van der Waals surface area contributed by atoms with E-state index in [1.165, 1.54) is 10.4 Å². The van der Waals surface area contributed by atoms with Crippen LogP contribution in [0.3, 0.4) is 0 Å². The van der Waals surface area contributed by atoms with Gasteiger partial charge in [0.15, 0.2) is 5.82 Å². The lowest BCUT2D eigenvalue weighted by molar-refractivity contribution is -0.385. The molecule has 0 amide bonds. The molecule has 1 fully saturated rings. The molecule has 0 aromatic heterocycles. The Morgan fingerprint density at radius 1 is 1.19 bits per heavy atom. The van der Waals surface area contributed by atoms with Crippen molar-refractivity contribution >= 4 is 21.4 Å². The molecule has 0 N–H and O–H groups in total. The highest BCUT2D eigenvalue weighted by atomic mass is 32.2. The zero-order valence-electron chi connectivity index (χ0n) is 15.0. The van der Waals surface area contributed by atoms with Gasteiger partial charge in [0.05, 0.1) is 21.6 Å². The van der Waals surface area contributed by atoms with E-state index >= 15 is 0 Å². The fourth-order valence-electron chi connectivity index (χ4n) is 3.34. The summed E-state index contributed by atoms with van der Waals surface area (Å²) in [4.78, 5) is 12.3. The predicted octanol–water partition coefficient (Wildman–Crippen LogP) is 2.94. The highest BCUT2D eigenvalue weighted by Gasteiger charge is 2.34. The van der Waals surface area contributed by atoms with Gasteiger partial charge in [0, 0.05) is 31.2 Å². The fourth-order valence-corrected chi connectivity index (χ4v) is 4.97. The molecule has 0 radical (unpaired) electrons. The number of hydrogen-bond acceptors (Lipinski definition) is 5. The molecular weight excluding hydrogens is 373 g/mol. The molecule has 9 heteroatoms. The Morgan fingerprint density at radius 3 is 2.44 bits per heavy atom. The Labute approximate surface area is 157 Å². The van der Waals surface area contributed by atoms with E-state index in [0.29, 0.717) is 18.7 Å². The molecule has 144 valence electrons. The number of nitro benzene ring substituents is 1. The number of nitro groups is 1. The maximum Gasteiger partial charge on any atom is 0.275 e. The first kappa shape index (κ1) is 19.2. The van der Waals surface area contributed by atoms with Gasteiger partial charge in [0.2, 0.25) is 10.0 Å². The first-order valence-corrected chi connectivity index (χ1v) is 9.92. The number of benzene rings is 2. The van der Waals surface area contributed by atoms with E-state index < -0.39 is 20.8 Å². The Bertz CT molecular complexity index is 966. The van der Waals surface area contributed by atoms with E-state index in [1.54, 1.807) is 49.1 Å². The second-order valence-electron chi connectivity index (χ2n) is 6.57. The summed E-state index contributed by atoms with van der Waals surface area (Å²) in [5, 5.41) is 11.0. The third-order valence-electron chi connectivity index (χ3n) is 4.72. The summed E-state index contributed by atoms with van der Waals surface area (Å²) in [6.45, 7) is 4.11. The average Bonchev–Trinajstić information content (AvgIpc) is 2.63. The summed E-state index contributed by atoms with van der Waals surface area (Å²) < 4.78 is 41.5. The molecule has 3 rings (SSSR count). The molecule has 1 aliphatic heterocycles. The Balaban J connectivity index is 1.84. The molecule has 1 heterocycles. The summed E-state index contributed by atoms with van der Waals surface area (Å²) in [7, 11) is -3.63. The van der Waals surface area contributed by atoms with Crippen molar-refractivity contribution in [1.82, 2.24) is 4.31 Å². The van der Waals surface area contributed by atoms with Crippen molar-refractivity contribution < 1.29 is 17.7 Å². The molecular formula is C18H20FN3O4S. The normalized spacial score (nSPS) is 18.5. The topological polar surface area (TPSA) is 83.8 Å². The maximum absolute atomic E-state index is 14.4. The molecule has 0 spiro atoms. The van der Waals surface area contributed by atoms with Gasteiger partial charge in [0.25, 0.3) is 5.69 Å². The van der Waals surface area contributed by atoms with Crippen LogP contribution in [-0.4, -0.2) is 43.3 Å². The van der Waals surface area contributed by atoms with Gasteiger partial charge in [-0.05, 0) is 32.0 Å². The number of rotatable bonds is 4. The first-order chi connectivity index (χ1) is 12.7. The summed E-state index contributed by atoms with van der Waals surface area (Å²) >= 11 is 0. The molecule has 0 bridgehead atoms. The maximum atomic E-state index is 14.4. The quantitative estimate of drug-likeness (QED) is 0.589. The highest BCUT2D eigenvalue weighted by Crippen LogP contribution is 2.30. The molecule has 0 saturated carbocycles. The number of aryl methyl sites for hydroxylation is 1. The lowest BCUT2D eigenvalue weighted by Gasteiger charge is -2.40. The van der Waals surface area contributed by atoms with Gasteiger partial charge in [-0.3, -0.25) is 10.1 Å². The SMILES string of the molecule is Cc1cc(N2CCN(S(=O)(=O)c3ccccc3)C(C)C2)c(F)cc1[N+](=O)[O-]. The highest BCUT2D eigenvalue weighted by molar-refractivity contribution is 7.89. The zero-order chi connectivity index (χ0) is 19.8. The Kier molecular flexibility index (Phi) is 5.16. The molecule has 1 atom stereocenters. The van der Waals surface area contributed by atoms with Crippen LogP contribution >= 0.6 is 0 Å². The minimum atomic E-state index is -3.63. The van der Waals surface area contributed by atoms with Crippen molar-refractivity contribution in [2.24, 2.45) is 0 Å². The van der Waals surface area contributed by atoms with Gasteiger partial charge >= 0.3 is 0 Å². The van der Waals surface area contributed by atoms with Gasteiger partial charge in [-0.1, -0.05) is 18.2 Å². The smallest absolute Gasteiger partial charge is 0.275 e. The largest absolute Gasteiger partial charge is 0.366 e. The van der Waals surface area contributed by atoms with E-state index in [2.05, 4.69) is 0 Å². The van der Waals surface area contributed by atoms with Crippen molar-refractivity contribution in [2.45, 2.75) is 24.8 Å². The zero-order valence-corrected chi connectivity index (χ0v) is 15.8. The van der Waals surface area contributed by atoms with E-state index in [1.807, 2.05) is 0 Å². The van der Waals surface area contributed by atoms with Crippen LogP contribution in [0.5, 0.6) is 0 Å². The van der Waals surface area contributed by atoms with Crippen molar-refractivity contribution in [3.63, 3.8) is 0 Å². The van der Waals surface area contributed by atoms with Crippen LogP contribution in [0.4, 0.5) is 15.8 Å². The number of halogens is 1. The van der Waals surface area contributed by atoms with Crippen molar-refractivity contribution in [2.75, 3.05) is 24.5 Å². The van der Waals surface area contributed by atoms with Crippen LogP contribution in [0.1, 0.15) is 12.5 Å². The van der Waals surface area contributed by atoms with Gasteiger partial charge in [-0.2, -0.15) is 4.31 Å². The number of anilines is 1. The summed E-state index contributed by atoms with van der Waals surface area (Å²) in [5.41, 5.74) is 0.347. The van der Waals surface area contributed by atoms with Crippen LogP contribution < -0.4 is 4.90 Å². The van der Waals surface area contributed by atoms with Crippen LogP contribution in [0.25, 0.3) is 0 Å². The number of nitrogens with zero attached hydrogens (tertiary/aromatic N) is 3. The van der Waals surface area contributed by atoms with Crippen molar-refractivity contribution in [1.29, 1.82) is 0 Å².